The number of aryl methyl sites for hydroxylation is 1. The van der Waals surface area contributed by atoms with Crippen molar-refractivity contribution in [1.29, 1.82) is 0 Å². The van der Waals surface area contributed by atoms with Crippen LogP contribution >= 0.6 is 11.6 Å². The minimum Gasteiger partial charge on any atom is -0.330 e. The molecule has 13 heavy (non-hydrogen) atoms. The van der Waals surface area contributed by atoms with Crippen molar-refractivity contribution in [2.75, 3.05) is 6.54 Å². The first-order valence-corrected chi connectivity index (χ1v) is 5.17. The number of nitrogens with two attached hydrogens (primary N) is 1. The van der Waals surface area contributed by atoms with Crippen molar-refractivity contribution >= 4 is 11.6 Å². The average Bonchev–Trinajstić information content (AvgIpc) is 2.17. The van der Waals surface area contributed by atoms with Crippen LogP contribution in [0.2, 0.25) is 5.02 Å². The van der Waals surface area contributed by atoms with Crippen molar-refractivity contribution in [2.45, 2.75) is 25.2 Å². The molecule has 0 radical (unpaired) electrons. The SMILES string of the molecule is NC[C@@H]1CCCc2ccc(Cl)cc21. The Morgan fingerprint density at radius 3 is 3.08 bits per heavy atom. The van der Waals surface area contributed by atoms with E-state index in [1.54, 1.807) is 0 Å². The average molecular weight is 196 g/mol. The molecule has 0 saturated carbocycles. The first-order valence-electron chi connectivity index (χ1n) is 4.79. The maximum absolute atomic E-state index is 5.96. The summed E-state index contributed by atoms with van der Waals surface area (Å²) in [6, 6.07) is 6.19. The summed E-state index contributed by atoms with van der Waals surface area (Å²) in [5.41, 5.74) is 8.54. The van der Waals surface area contributed by atoms with E-state index in [0.717, 1.165) is 11.6 Å². The summed E-state index contributed by atoms with van der Waals surface area (Å²) in [4.78, 5) is 0. The zero-order chi connectivity index (χ0) is 9.26. The van der Waals surface area contributed by atoms with E-state index < -0.39 is 0 Å². The lowest BCUT2D eigenvalue weighted by molar-refractivity contribution is 0.561. The number of hydrogen-bond donors (Lipinski definition) is 1. The standard InChI is InChI=1S/C11H14ClN/c12-10-5-4-8-2-1-3-9(7-13)11(8)6-10/h4-6,9H,1-3,7,13H2/t9-/m0/s1. The van der Waals surface area contributed by atoms with Crippen molar-refractivity contribution in [2.24, 2.45) is 5.73 Å². The molecule has 1 aliphatic rings. The molecule has 0 spiro atoms. The predicted octanol–water partition coefficient (Wildman–Crippen LogP) is 2.72. The highest BCUT2D eigenvalue weighted by Crippen LogP contribution is 2.32. The molecule has 0 heterocycles. The minimum atomic E-state index is 0.530. The van der Waals surface area contributed by atoms with Gasteiger partial charge < -0.3 is 5.73 Å². The van der Waals surface area contributed by atoms with Gasteiger partial charge >= 0.3 is 0 Å². The molecule has 0 saturated heterocycles. The molecule has 2 heteroatoms. The monoisotopic (exact) mass is 195 g/mol. The summed E-state index contributed by atoms with van der Waals surface area (Å²) in [5, 5.41) is 0.833. The second-order valence-corrected chi connectivity index (χ2v) is 4.10. The Morgan fingerprint density at radius 2 is 2.31 bits per heavy atom. The van der Waals surface area contributed by atoms with E-state index in [2.05, 4.69) is 12.1 Å². The maximum atomic E-state index is 5.96. The van der Waals surface area contributed by atoms with E-state index >= 15 is 0 Å². The first kappa shape index (κ1) is 9.04. The van der Waals surface area contributed by atoms with Crippen LogP contribution in [0.1, 0.15) is 29.9 Å². The van der Waals surface area contributed by atoms with Crippen LogP contribution in [-0.4, -0.2) is 6.54 Å². The number of hydrogen-bond acceptors (Lipinski definition) is 1. The summed E-state index contributed by atoms with van der Waals surface area (Å²) in [6.45, 7) is 0.743. The van der Waals surface area contributed by atoms with Crippen LogP contribution in [0.3, 0.4) is 0 Å². The van der Waals surface area contributed by atoms with E-state index in [1.807, 2.05) is 6.07 Å². The zero-order valence-electron chi connectivity index (χ0n) is 7.59. The third-order valence-electron chi connectivity index (χ3n) is 2.83. The van der Waals surface area contributed by atoms with E-state index in [4.69, 9.17) is 17.3 Å². The van der Waals surface area contributed by atoms with E-state index in [1.165, 1.54) is 30.4 Å². The van der Waals surface area contributed by atoms with Crippen LogP contribution in [0.25, 0.3) is 0 Å². The van der Waals surface area contributed by atoms with Crippen molar-refractivity contribution in [3.05, 3.63) is 34.3 Å². The second-order valence-electron chi connectivity index (χ2n) is 3.67. The second kappa shape index (κ2) is 3.69. The minimum absolute atomic E-state index is 0.530. The van der Waals surface area contributed by atoms with Crippen LogP contribution in [0.15, 0.2) is 18.2 Å². The highest BCUT2D eigenvalue weighted by atomic mass is 35.5. The molecular formula is C11H14ClN. The lowest BCUT2D eigenvalue weighted by Gasteiger charge is -2.24. The third kappa shape index (κ3) is 1.72. The lowest BCUT2D eigenvalue weighted by Crippen LogP contribution is -2.18. The summed E-state index contributed by atoms with van der Waals surface area (Å²) in [7, 11) is 0. The fraction of sp³-hybridized carbons (Fsp3) is 0.455. The largest absolute Gasteiger partial charge is 0.330 e. The molecule has 0 fully saturated rings. The fourth-order valence-electron chi connectivity index (χ4n) is 2.11. The van der Waals surface area contributed by atoms with Gasteiger partial charge in [-0.1, -0.05) is 17.7 Å². The van der Waals surface area contributed by atoms with Gasteiger partial charge in [0.05, 0.1) is 0 Å². The molecule has 0 bridgehead atoms. The highest BCUT2D eigenvalue weighted by Gasteiger charge is 2.18. The van der Waals surface area contributed by atoms with E-state index in [0.29, 0.717) is 5.92 Å². The summed E-state index contributed by atoms with van der Waals surface area (Å²) < 4.78 is 0. The van der Waals surface area contributed by atoms with Gasteiger partial charge in [0.1, 0.15) is 0 Å². The molecule has 1 atom stereocenters. The summed E-state index contributed by atoms with van der Waals surface area (Å²) in [6.07, 6.45) is 3.66. The molecule has 0 unspecified atom stereocenters. The van der Waals surface area contributed by atoms with Gasteiger partial charge in [0, 0.05) is 5.02 Å². The highest BCUT2D eigenvalue weighted by molar-refractivity contribution is 6.30. The predicted molar refractivity (Wildman–Crippen MR) is 56.2 cm³/mol. The Bertz CT molecular complexity index is 309. The Balaban J connectivity index is 2.41. The number of rotatable bonds is 1. The topological polar surface area (TPSA) is 26.0 Å². The van der Waals surface area contributed by atoms with Gasteiger partial charge in [-0.15, -0.1) is 0 Å². The zero-order valence-corrected chi connectivity index (χ0v) is 8.35. The quantitative estimate of drug-likeness (QED) is 0.733. The van der Waals surface area contributed by atoms with Gasteiger partial charge in [-0.25, -0.2) is 0 Å². The van der Waals surface area contributed by atoms with Gasteiger partial charge in [0.25, 0.3) is 0 Å². The van der Waals surface area contributed by atoms with Crippen LogP contribution in [-0.2, 0) is 6.42 Å². The van der Waals surface area contributed by atoms with Crippen LogP contribution in [0.4, 0.5) is 0 Å². The lowest BCUT2D eigenvalue weighted by atomic mass is 9.83. The Morgan fingerprint density at radius 1 is 1.46 bits per heavy atom. The summed E-state index contributed by atoms with van der Waals surface area (Å²) in [5.74, 6) is 0.530. The van der Waals surface area contributed by atoms with Gasteiger partial charge in [-0.05, 0) is 55.0 Å². The molecule has 1 nitrogen and oxygen atoms in total. The molecule has 0 aromatic heterocycles. The van der Waals surface area contributed by atoms with Crippen LogP contribution in [0, 0.1) is 0 Å². The third-order valence-corrected chi connectivity index (χ3v) is 3.07. The Labute approximate surface area is 83.9 Å². The van der Waals surface area contributed by atoms with Gasteiger partial charge in [-0.2, -0.15) is 0 Å². The molecule has 1 aromatic carbocycles. The maximum Gasteiger partial charge on any atom is 0.0409 e. The van der Waals surface area contributed by atoms with Crippen molar-refractivity contribution in [1.82, 2.24) is 0 Å². The number of fused-ring (bicyclic) bond motifs is 1. The van der Waals surface area contributed by atoms with E-state index in [9.17, 15) is 0 Å². The molecular weight excluding hydrogens is 182 g/mol. The smallest absolute Gasteiger partial charge is 0.0409 e. The van der Waals surface area contributed by atoms with E-state index in [-0.39, 0.29) is 0 Å². The summed E-state index contributed by atoms with van der Waals surface area (Å²) >= 11 is 5.96. The molecule has 2 rings (SSSR count). The molecule has 1 aliphatic carbocycles. The Kier molecular flexibility index (Phi) is 2.56. The van der Waals surface area contributed by atoms with Crippen molar-refractivity contribution < 1.29 is 0 Å². The fourth-order valence-corrected chi connectivity index (χ4v) is 2.29. The van der Waals surface area contributed by atoms with Crippen molar-refractivity contribution in [3.63, 3.8) is 0 Å². The van der Waals surface area contributed by atoms with Crippen molar-refractivity contribution in [3.8, 4) is 0 Å². The van der Waals surface area contributed by atoms with Crippen LogP contribution in [0.5, 0.6) is 0 Å². The number of benzene rings is 1. The van der Waals surface area contributed by atoms with Crippen LogP contribution < -0.4 is 5.73 Å². The van der Waals surface area contributed by atoms with Gasteiger partial charge in [0.15, 0.2) is 0 Å². The normalized spacial score (nSPS) is 21.2. The van der Waals surface area contributed by atoms with Gasteiger partial charge in [-0.3, -0.25) is 0 Å². The molecule has 0 amide bonds. The first-order chi connectivity index (χ1) is 6.31. The molecule has 2 N–H and O–H groups in total. The molecule has 1 aromatic rings. The molecule has 0 aliphatic heterocycles. The number of halogens is 1. The van der Waals surface area contributed by atoms with Gasteiger partial charge in [0.2, 0.25) is 0 Å². The molecule has 70 valence electrons. The Hall–Kier alpha value is -0.530.